The van der Waals surface area contributed by atoms with E-state index >= 15 is 0 Å². The Morgan fingerprint density at radius 2 is 1.88 bits per heavy atom. The van der Waals surface area contributed by atoms with Crippen molar-refractivity contribution in [1.82, 2.24) is 9.97 Å². The normalized spacial score (nSPS) is 10.1. The number of carbonyl (C=O) groups is 1. The molecule has 17 heavy (non-hydrogen) atoms. The Hall–Kier alpha value is -2.03. The van der Waals surface area contributed by atoms with E-state index in [0.717, 1.165) is 11.3 Å². The van der Waals surface area contributed by atoms with Gasteiger partial charge in [-0.15, -0.1) is 0 Å². The molecular formula is C14H14N2O. The predicted octanol–water partition coefficient (Wildman–Crippen LogP) is 2.22. The van der Waals surface area contributed by atoms with Crippen LogP contribution in [0.2, 0.25) is 0 Å². The Morgan fingerprint density at radius 3 is 2.59 bits per heavy atom. The molecule has 2 heterocycles. The second-order valence-electron chi connectivity index (χ2n) is 3.89. The SMILES string of the molecule is O=C(CCc1ccccn1)Cc1ccncc1. The van der Waals surface area contributed by atoms with Gasteiger partial charge in [-0.2, -0.15) is 0 Å². The molecule has 0 bridgehead atoms. The Kier molecular flexibility index (Phi) is 3.97. The molecule has 0 fully saturated rings. The summed E-state index contributed by atoms with van der Waals surface area (Å²) in [4.78, 5) is 19.9. The number of Topliss-reactive ketones (excluding diaryl/α,β-unsaturated/α-hetero) is 1. The third kappa shape index (κ3) is 3.79. The van der Waals surface area contributed by atoms with Crippen LogP contribution in [0.1, 0.15) is 17.7 Å². The van der Waals surface area contributed by atoms with Gasteiger partial charge in [0.15, 0.2) is 0 Å². The van der Waals surface area contributed by atoms with E-state index in [-0.39, 0.29) is 5.78 Å². The van der Waals surface area contributed by atoms with Gasteiger partial charge >= 0.3 is 0 Å². The Balaban J connectivity index is 1.83. The van der Waals surface area contributed by atoms with E-state index in [9.17, 15) is 4.79 Å². The van der Waals surface area contributed by atoms with Crippen molar-refractivity contribution in [2.75, 3.05) is 0 Å². The lowest BCUT2D eigenvalue weighted by Crippen LogP contribution is -2.05. The summed E-state index contributed by atoms with van der Waals surface area (Å²) in [6.07, 6.45) is 6.91. The van der Waals surface area contributed by atoms with Crippen LogP contribution in [0.15, 0.2) is 48.9 Å². The zero-order chi connectivity index (χ0) is 11.9. The summed E-state index contributed by atoms with van der Waals surface area (Å²) >= 11 is 0. The Bertz CT molecular complexity index is 468. The van der Waals surface area contributed by atoms with Crippen molar-refractivity contribution in [3.8, 4) is 0 Å². The van der Waals surface area contributed by atoms with E-state index in [0.29, 0.717) is 19.3 Å². The van der Waals surface area contributed by atoms with E-state index in [1.807, 2.05) is 30.3 Å². The first-order chi connectivity index (χ1) is 8.34. The molecule has 0 aliphatic rings. The maximum Gasteiger partial charge on any atom is 0.137 e. The fraction of sp³-hybridized carbons (Fsp3) is 0.214. The van der Waals surface area contributed by atoms with Gasteiger partial charge in [-0.1, -0.05) is 6.07 Å². The third-order valence-corrected chi connectivity index (χ3v) is 2.54. The molecule has 0 radical (unpaired) electrons. The molecule has 0 unspecified atom stereocenters. The summed E-state index contributed by atoms with van der Waals surface area (Å²) in [5.41, 5.74) is 1.99. The van der Waals surface area contributed by atoms with Crippen LogP contribution in [0.5, 0.6) is 0 Å². The molecular weight excluding hydrogens is 212 g/mol. The van der Waals surface area contributed by atoms with E-state index in [2.05, 4.69) is 9.97 Å². The highest BCUT2D eigenvalue weighted by molar-refractivity contribution is 5.80. The van der Waals surface area contributed by atoms with Crippen LogP contribution in [-0.2, 0) is 17.6 Å². The number of hydrogen-bond donors (Lipinski definition) is 0. The fourth-order valence-electron chi connectivity index (χ4n) is 1.63. The minimum Gasteiger partial charge on any atom is -0.299 e. The van der Waals surface area contributed by atoms with Gasteiger partial charge < -0.3 is 0 Å². The zero-order valence-corrected chi connectivity index (χ0v) is 9.54. The first-order valence-electron chi connectivity index (χ1n) is 5.65. The molecule has 0 aliphatic carbocycles. The lowest BCUT2D eigenvalue weighted by Gasteiger charge is -2.01. The van der Waals surface area contributed by atoms with Crippen molar-refractivity contribution in [1.29, 1.82) is 0 Å². The molecule has 0 saturated carbocycles. The van der Waals surface area contributed by atoms with E-state index < -0.39 is 0 Å². The van der Waals surface area contributed by atoms with Crippen molar-refractivity contribution in [3.05, 3.63) is 60.2 Å². The Labute approximate surface area is 101 Å². The minimum atomic E-state index is 0.238. The molecule has 0 atom stereocenters. The van der Waals surface area contributed by atoms with Crippen LogP contribution < -0.4 is 0 Å². The largest absolute Gasteiger partial charge is 0.299 e. The van der Waals surface area contributed by atoms with Crippen molar-refractivity contribution in [2.45, 2.75) is 19.3 Å². The molecule has 0 aromatic carbocycles. The standard InChI is InChI=1S/C14H14N2O/c17-14(11-12-6-9-15-10-7-12)5-4-13-3-1-2-8-16-13/h1-3,6-10H,4-5,11H2. The van der Waals surface area contributed by atoms with E-state index in [1.165, 1.54) is 0 Å². The highest BCUT2D eigenvalue weighted by atomic mass is 16.1. The second-order valence-corrected chi connectivity index (χ2v) is 3.89. The maximum atomic E-state index is 11.7. The van der Waals surface area contributed by atoms with Crippen LogP contribution in [0.25, 0.3) is 0 Å². The highest BCUT2D eigenvalue weighted by Gasteiger charge is 2.04. The average molecular weight is 226 g/mol. The highest BCUT2D eigenvalue weighted by Crippen LogP contribution is 2.04. The molecule has 2 aromatic heterocycles. The molecule has 0 spiro atoms. The van der Waals surface area contributed by atoms with Gasteiger partial charge in [-0.25, -0.2) is 0 Å². The number of aromatic nitrogens is 2. The average Bonchev–Trinajstić information content (AvgIpc) is 2.39. The molecule has 2 aromatic rings. The van der Waals surface area contributed by atoms with Gasteiger partial charge in [0.2, 0.25) is 0 Å². The number of aryl methyl sites for hydroxylation is 1. The topological polar surface area (TPSA) is 42.9 Å². The van der Waals surface area contributed by atoms with Crippen LogP contribution in [-0.4, -0.2) is 15.8 Å². The van der Waals surface area contributed by atoms with Gasteiger partial charge in [-0.3, -0.25) is 14.8 Å². The number of ketones is 1. The zero-order valence-electron chi connectivity index (χ0n) is 9.54. The molecule has 0 amide bonds. The number of hydrogen-bond acceptors (Lipinski definition) is 3. The molecule has 3 heteroatoms. The predicted molar refractivity (Wildman–Crippen MR) is 65.5 cm³/mol. The van der Waals surface area contributed by atoms with Crippen molar-refractivity contribution >= 4 is 5.78 Å². The first-order valence-corrected chi connectivity index (χ1v) is 5.65. The summed E-state index contributed by atoms with van der Waals surface area (Å²) in [6, 6.07) is 9.51. The van der Waals surface area contributed by atoms with Crippen LogP contribution in [0.3, 0.4) is 0 Å². The monoisotopic (exact) mass is 226 g/mol. The number of carbonyl (C=O) groups excluding carboxylic acids is 1. The maximum absolute atomic E-state index is 11.7. The van der Waals surface area contributed by atoms with Crippen molar-refractivity contribution in [2.24, 2.45) is 0 Å². The molecule has 2 rings (SSSR count). The number of rotatable bonds is 5. The summed E-state index contributed by atoms with van der Waals surface area (Å²) in [6.45, 7) is 0. The minimum absolute atomic E-state index is 0.238. The summed E-state index contributed by atoms with van der Waals surface area (Å²) in [7, 11) is 0. The summed E-state index contributed by atoms with van der Waals surface area (Å²) in [5, 5.41) is 0. The number of pyridine rings is 2. The van der Waals surface area contributed by atoms with Crippen molar-refractivity contribution in [3.63, 3.8) is 0 Å². The fourth-order valence-corrected chi connectivity index (χ4v) is 1.63. The van der Waals surface area contributed by atoms with Gasteiger partial charge in [0.25, 0.3) is 0 Å². The number of nitrogens with zero attached hydrogens (tertiary/aromatic N) is 2. The van der Waals surface area contributed by atoms with Gasteiger partial charge in [-0.05, 0) is 36.2 Å². The van der Waals surface area contributed by atoms with Crippen LogP contribution in [0, 0.1) is 0 Å². The van der Waals surface area contributed by atoms with Gasteiger partial charge in [0.05, 0.1) is 0 Å². The summed E-state index contributed by atoms with van der Waals surface area (Å²) < 4.78 is 0. The molecule has 0 N–H and O–H groups in total. The lowest BCUT2D eigenvalue weighted by atomic mass is 10.1. The third-order valence-electron chi connectivity index (χ3n) is 2.54. The van der Waals surface area contributed by atoms with E-state index in [4.69, 9.17) is 0 Å². The van der Waals surface area contributed by atoms with E-state index in [1.54, 1.807) is 18.6 Å². The molecule has 0 aliphatic heterocycles. The molecule has 3 nitrogen and oxygen atoms in total. The second kappa shape index (κ2) is 5.89. The van der Waals surface area contributed by atoms with Gasteiger partial charge in [0.1, 0.15) is 5.78 Å². The molecule has 86 valence electrons. The summed E-state index contributed by atoms with van der Waals surface area (Å²) in [5.74, 6) is 0.238. The van der Waals surface area contributed by atoms with Crippen molar-refractivity contribution < 1.29 is 4.79 Å². The van der Waals surface area contributed by atoms with Crippen LogP contribution >= 0.6 is 0 Å². The smallest absolute Gasteiger partial charge is 0.137 e. The molecule has 0 saturated heterocycles. The Morgan fingerprint density at radius 1 is 1.06 bits per heavy atom. The van der Waals surface area contributed by atoms with Gasteiger partial charge in [0, 0.05) is 37.1 Å². The quantitative estimate of drug-likeness (QED) is 0.785. The lowest BCUT2D eigenvalue weighted by molar-refractivity contribution is -0.118. The van der Waals surface area contributed by atoms with Crippen LogP contribution in [0.4, 0.5) is 0 Å². The first kappa shape index (κ1) is 11.5.